The van der Waals surface area contributed by atoms with Gasteiger partial charge in [-0.25, -0.2) is 0 Å². The zero-order valence-corrected chi connectivity index (χ0v) is 10.5. The number of rotatable bonds is 1. The van der Waals surface area contributed by atoms with Crippen molar-refractivity contribution in [2.45, 2.75) is 52.9 Å². The van der Waals surface area contributed by atoms with E-state index in [9.17, 15) is 0 Å². The zero-order valence-electron chi connectivity index (χ0n) is 10.5. The van der Waals surface area contributed by atoms with Gasteiger partial charge in [-0.15, -0.1) is 0 Å². The summed E-state index contributed by atoms with van der Waals surface area (Å²) in [6.45, 7) is 11.5. The van der Waals surface area contributed by atoms with Gasteiger partial charge in [0, 0.05) is 0 Å². The molecule has 0 saturated heterocycles. The summed E-state index contributed by atoms with van der Waals surface area (Å²) >= 11 is 0. The maximum absolute atomic E-state index is 4.05. The van der Waals surface area contributed by atoms with E-state index >= 15 is 0 Å². The molecule has 0 aromatic carbocycles. The summed E-state index contributed by atoms with van der Waals surface area (Å²) in [5, 5.41) is 0. The molecule has 1 fully saturated rings. The van der Waals surface area contributed by atoms with Crippen LogP contribution in [0.4, 0.5) is 0 Å². The highest BCUT2D eigenvalue weighted by Crippen LogP contribution is 2.58. The quantitative estimate of drug-likeness (QED) is 0.579. The summed E-state index contributed by atoms with van der Waals surface area (Å²) < 4.78 is 0. The fourth-order valence-corrected chi connectivity index (χ4v) is 3.51. The van der Waals surface area contributed by atoms with Crippen molar-refractivity contribution < 1.29 is 0 Å². The predicted octanol–water partition coefficient (Wildman–Crippen LogP) is 4.73. The topological polar surface area (TPSA) is 0 Å². The van der Waals surface area contributed by atoms with Crippen LogP contribution in [0.5, 0.6) is 0 Å². The molecule has 0 aromatic rings. The highest BCUT2D eigenvalue weighted by Gasteiger charge is 2.48. The van der Waals surface area contributed by atoms with Gasteiger partial charge in [0.25, 0.3) is 0 Å². The summed E-state index contributed by atoms with van der Waals surface area (Å²) in [7, 11) is 0. The van der Waals surface area contributed by atoms with Crippen LogP contribution in [0, 0.1) is 16.7 Å². The first kappa shape index (κ1) is 11.0. The maximum Gasteiger partial charge on any atom is -0.0168 e. The van der Waals surface area contributed by atoms with Gasteiger partial charge in [0.1, 0.15) is 0 Å². The SMILES string of the molecule is C=C1C=C[C@H]([C@]2(C)CCCC2(C)C)CC1. The minimum Gasteiger partial charge on any atom is -0.0958 e. The van der Waals surface area contributed by atoms with Crippen molar-refractivity contribution in [1.29, 1.82) is 0 Å². The van der Waals surface area contributed by atoms with Crippen LogP contribution >= 0.6 is 0 Å². The van der Waals surface area contributed by atoms with Crippen molar-refractivity contribution >= 4 is 0 Å². The molecule has 0 unspecified atom stereocenters. The lowest BCUT2D eigenvalue weighted by atomic mass is 9.60. The molecule has 0 radical (unpaired) electrons. The Kier molecular flexibility index (Phi) is 2.56. The Hall–Kier alpha value is -0.520. The Morgan fingerprint density at radius 3 is 2.47 bits per heavy atom. The molecule has 2 aliphatic rings. The van der Waals surface area contributed by atoms with Crippen LogP contribution in [-0.4, -0.2) is 0 Å². The molecule has 0 bridgehead atoms. The highest BCUT2D eigenvalue weighted by molar-refractivity contribution is 5.21. The van der Waals surface area contributed by atoms with Gasteiger partial charge in [0.15, 0.2) is 0 Å². The predicted molar refractivity (Wildman–Crippen MR) is 66.7 cm³/mol. The van der Waals surface area contributed by atoms with Gasteiger partial charge >= 0.3 is 0 Å². The number of allylic oxidation sites excluding steroid dienone is 3. The molecule has 0 spiro atoms. The molecule has 0 amide bonds. The first-order valence-electron chi connectivity index (χ1n) is 6.32. The average molecular weight is 204 g/mol. The van der Waals surface area contributed by atoms with Gasteiger partial charge in [-0.2, -0.15) is 0 Å². The van der Waals surface area contributed by atoms with E-state index in [1.807, 2.05) is 0 Å². The second kappa shape index (κ2) is 3.50. The molecule has 2 aliphatic carbocycles. The summed E-state index contributed by atoms with van der Waals surface area (Å²) in [6.07, 6.45) is 11.4. The molecule has 0 nitrogen and oxygen atoms in total. The number of hydrogen-bond donors (Lipinski definition) is 0. The number of hydrogen-bond acceptors (Lipinski definition) is 0. The van der Waals surface area contributed by atoms with E-state index < -0.39 is 0 Å². The fourth-order valence-electron chi connectivity index (χ4n) is 3.51. The van der Waals surface area contributed by atoms with Gasteiger partial charge in [0.05, 0.1) is 0 Å². The van der Waals surface area contributed by atoms with Gasteiger partial charge in [-0.3, -0.25) is 0 Å². The van der Waals surface area contributed by atoms with Crippen LogP contribution in [0.1, 0.15) is 52.9 Å². The Morgan fingerprint density at radius 1 is 1.27 bits per heavy atom. The normalized spacial score (nSPS) is 39.7. The van der Waals surface area contributed by atoms with Gasteiger partial charge < -0.3 is 0 Å². The second-order valence-corrected chi connectivity index (χ2v) is 6.32. The smallest absolute Gasteiger partial charge is 0.0168 e. The molecule has 84 valence electrons. The van der Waals surface area contributed by atoms with Crippen molar-refractivity contribution in [3.8, 4) is 0 Å². The molecule has 0 N–H and O–H groups in total. The highest BCUT2D eigenvalue weighted by atomic mass is 14.5. The van der Waals surface area contributed by atoms with Crippen molar-refractivity contribution in [2.75, 3.05) is 0 Å². The van der Waals surface area contributed by atoms with Crippen LogP contribution in [0.3, 0.4) is 0 Å². The molecular formula is C15H24. The van der Waals surface area contributed by atoms with Crippen molar-refractivity contribution in [3.05, 3.63) is 24.3 Å². The van der Waals surface area contributed by atoms with E-state index in [1.54, 1.807) is 0 Å². The first-order chi connectivity index (χ1) is 6.96. The summed E-state index contributed by atoms with van der Waals surface area (Å²) in [5.41, 5.74) is 2.34. The molecule has 0 aromatic heterocycles. The molecule has 0 aliphatic heterocycles. The van der Waals surface area contributed by atoms with Crippen molar-refractivity contribution in [2.24, 2.45) is 16.7 Å². The summed E-state index contributed by atoms with van der Waals surface area (Å²) in [5.74, 6) is 0.778. The van der Waals surface area contributed by atoms with Gasteiger partial charge in [-0.05, 0) is 42.4 Å². The molecule has 0 heteroatoms. The van der Waals surface area contributed by atoms with E-state index in [4.69, 9.17) is 0 Å². The van der Waals surface area contributed by atoms with Crippen LogP contribution in [-0.2, 0) is 0 Å². The summed E-state index contributed by atoms with van der Waals surface area (Å²) in [4.78, 5) is 0. The third-order valence-corrected chi connectivity index (χ3v) is 5.20. The fraction of sp³-hybridized carbons (Fsp3) is 0.733. The third kappa shape index (κ3) is 1.68. The first-order valence-corrected chi connectivity index (χ1v) is 6.32. The Labute approximate surface area is 94.5 Å². The van der Waals surface area contributed by atoms with E-state index in [-0.39, 0.29) is 0 Å². The standard InChI is InChI=1S/C15H24/c1-12-6-8-13(9-7-12)15(4)11-5-10-14(15,2)3/h6,8,13H,1,5,7,9-11H2,2-4H3/t13-,15-/m0/s1. The van der Waals surface area contributed by atoms with E-state index in [2.05, 4.69) is 39.5 Å². The molecule has 2 rings (SSSR count). The lowest BCUT2D eigenvalue weighted by Crippen LogP contribution is -2.37. The summed E-state index contributed by atoms with van der Waals surface area (Å²) in [6, 6.07) is 0. The monoisotopic (exact) mass is 204 g/mol. The molecule has 15 heavy (non-hydrogen) atoms. The lowest BCUT2D eigenvalue weighted by Gasteiger charge is -2.45. The Balaban J connectivity index is 2.23. The maximum atomic E-state index is 4.05. The van der Waals surface area contributed by atoms with E-state index in [0.29, 0.717) is 10.8 Å². The largest absolute Gasteiger partial charge is 0.0958 e. The molecular weight excluding hydrogens is 180 g/mol. The second-order valence-electron chi connectivity index (χ2n) is 6.32. The van der Waals surface area contributed by atoms with Crippen LogP contribution in [0.25, 0.3) is 0 Å². The third-order valence-electron chi connectivity index (χ3n) is 5.20. The minimum atomic E-state index is 0.515. The minimum absolute atomic E-state index is 0.515. The Morgan fingerprint density at radius 2 is 2.00 bits per heavy atom. The van der Waals surface area contributed by atoms with Crippen LogP contribution in [0.15, 0.2) is 24.3 Å². The van der Waals surface area contributed by atoms with Crippen LogP contribution in [0.2, 0.25) is 0 Å². The van der Waals surface area contributed by atoms with Crippen molar-refractivity contribution in [3.63, 3.8) is 0 Å². The van der Waals surface area contributed by atoms with Crippen molar-refractivity contribution in [1.82, 2.24) is 0 Å². The molecule has 0 heterocycles. The van der Waals surface area contributed by atoms with E-state index in [1.165, 1.54) is 37.7 Å². The van der Waals surface area contributed by atoms with Gasteiger partial charge in [0.2, 0.25) is 0 Å². The molecule has 2 atom stereocenters. The van der Waals surface area contributed by atoms with Crippen LogP contribution < -0.4 is 0 Å². The van der Waals surface area contributed by atoms with Gasteiger partial charge in [-0.1, -0.05) is 51.5 Å². The Bertz CT molecular complexity index is 295. The lowest BCUT2D eigenvalue weighted by molar-refractivity contribution is 0.0726. The average Bonchev–Trinajstić information content (AvgIpc) is 2.43. The zero-order chi connectivity index (χ0) is 11.1. The molecule has 1 saturated carbocycles. The van der Waals surface area contributed by atoms with E-state index in [0.717, 1.165) is 5.92 Å².